The molecule has 0 aliphatic carbocycles. The summed E-state index contributed by atoms with van der Waals surface area (Å²) in [6.45, 7) is 5.01. The van der Waals surface area contributed by atoms with Crippen molar-refractivity contribution in [2.45, 2.75) is 32.7 Å². The summed E-state index contributed by atoms with van der Waals surface area (Å²) < 4.78 is 5.37. The third-order valence-electron chi connectivity index (χ3n) is 3.23. The summed E-state index contributed by atoms with van der Waals surface area (Å²) in [5, 5.41) is 0. The van der Waals surface area contributed by atoms with E-state index in [4.69, 9.17) is 10.5 Å². The molecule has 0 aromatic heterocycles. The first kappa shape index (κ1) is 15.3. The lowest BCUT2D eigenvalue weighted by molar-refractivity contribution is 0.369. The van der Waals surface area contributed by atoms with Crippen LogP contribution in [0.25, 0.3) is 0 Å². The Morgan fingerprint density at radius 1 is 1.42 bits per heavy atom. The van der Waals surface area contributed by atoms with Crippen LogP contribution >= 0.6 is 0 Å². The Kier molecular flexibility index (Phi) is 6.19. The molecule has 0 bridgehead atoms. The van der Waals surface area contributed by atoms with Crippen LogP contribution in [0.1, 0.15) is 25.8 Å². The van der Waals surface area contributed by atoms with E-state index in [0.717, 1.165) is 25.1 Å². The number of para-hydroxylation sites is 1. The molecular weight excluding hydrogens is 238 g/mol. The average Bonchev–Trinajstić information content (AvgIpc) is 2.44. The molecule has 1 aromatic rings. The summed E-state index contributed by atoms with van der Waals surface area (Å²) in [6, 6.07) is 8.35. The minimum atomic E-state index is 0.275. The van der Waals surface area contributed by atoms with E-state index >= 15 is 0 Å². The predicted octanol–water partition coefficient (Wildman–Crippen LogP) is 2.28. The Labute approximate surface area is 116 Å². The lowest BCUT2D eigenvalue weighted by Crippen LogP contribution is -2.41. The van der Waals surface area contributed by atoms with Crippen LogP contribution in [0.2, 0.25) is 0 Å². The number of nitrogens with zero attached hydrogens (tertiary/aromatic N) is 2. The first-order valence-corrected chi connectivity index (χ1v) is 6.74. The third kappa shape index (κ3) is 4.47. The fraction of sp³-hybridized carbons (Fsp3) is 0.533. The highest BCUT2D eigenvalue weighted by Gasteiger charge is 2.14. The Morgan fingerprint density at radius 3 is 2.74 bits per heavy atom. The van der Waals surface area contributed by atoms with Gasteiger partial charge in [-0.05, 0) is 31.4 Å². The lowest BCUT2D eigenvalue weighted by atomic mass is 10.1. The highest BCUT2D eigenvalue weighted by molar-refractivity contribution is 5.78. The molecule has 0 saturated heterocycles. The number of methoxy groups -OCH3 is 1. The molecule has 1 rings (SSSR count). The van der Waals surface area contributed by atoms with Crippen molar-refractivity contribution < 1.29 is 4.74 Å². The molecule has 0 spiro atoms. The number of rotatable bonds is 6. The summed E-state index contributed by atoms with van der Waals surface area (Å²) in [4.78, 5) is 6.35. The van der Waals surface area contributed by atoms with Crippen LogP contribution in [-0.2, 0) is 6.42 Å². The van der Waals surface area contributed by atoms with Gasteiger partial charge in [0.1, 0.15) is 5.75 Å². The van der Waals surface area contributed by atoms with Gasteiger partial charge in [-0.1, -0.05) is 25.1 Å². The standard InChI is InChI=1S/C15H25N3O/c1-5-10-17-15(16)18(3)12(2)11-13-8-6-7-9-14(13)19-4/h6-9,12H,5,10-11H2,1-4H3,(H2,16,17). The van der Waals surface area contributed by atoms with Crippen molar-refractivity contribution in [1.29, 1.82) is 0 Å². The largest absolute Gasteiger partial charge is 0.496 e. The zero-order valence-electron chi connectivity index (χ0n) is 12.4. The molecule has 2 N–H and O–H groups in total. The van der Waals surface area contributed by atoms with Crippen LogP contribution in [0, 0.1) is 0 Å². The van der Waals surface area contributed by atoms with Gasteiger partial charge in [0.2, 0.25) is 0 Å². The Morgan fingerprint density at radius 2 is 2.11 bits per heavy atom. The molecule has 19 heavy (non-hydrogen) atoms. The van der Waals surface area contributed by atoms with Gasteiger partial charge in [-0.15, -0.1) is 0 Å². The normalized spacial score (nSPS) is 13.2. The van der Waals surface area contributed by atoms with Crippen molar-refractivity contribution in [2.24, 2.45) is 10.7 Å². The van der Waals surface area contributed by atoms with Crippen molar-refractivity contribution in [3.8, 4) is 5.75 Å². The molecule has 0 aliphatic heterocycles. The predicted molar refractivity (Wildman–Crippen MR) is 80.7 cm³/mol. The Balaban J connectivity index is 2.70. The maximum absolute atomic E-state index is 5.97. The second-order valence-corrected chi connectivity index (χ2v) is 4.72. The van der Waals surface area contributed by atoms with Gasteiger partial charge in [-0.2, -0.15) is 0 Å². The fourth-order valence-corrected chi connectivity index (χ4v) is 1.89. The molecular formula is C15H25N3O. The molecule has 0 aliphatic rings. The molecule has 4 heteroatoms. The van der Waals surface area contributed by atoms with E-state index in [1.807, 2.05) is 30.1 Å². The summed E-state index contributed by atoms with van der Waals surface area (Å²) in [6.07, 6.45) is 1.89. The van der Waals surface area contributed by atoms with Crippen LogP contribution < -0.4 is 10.5 Å². The molecule has 0 amide bonds. The van der Waals surface area contributed by atoms with E-state index < -0.39 is 0 Å². The van der Waals surface area contributed by atoms with E-state index in [1.165, 1.54) is 5.56 Å². The van der Waals surface area contributed by atoms with Crippen molar-refractivity contribution in [1.82, 2.24) is 4.90 Å². The molecule has 0 heterocycles. The highest BCUT2D eigenvalue weighted by Crippen LogP contribution is 2.20. The van der Waals surface area contributed by atoms with Crippen molar-refractivity contribution >= 4 is 5.96 Å². The van der Waals surface area contributed by atoms with Crippen molar-refractivity contribution in [2.75, 3.05) is 20.7 Å². The lowest BCUT2D eigenvalue weighted by Gasteiger charge is -2.26. The maximum atomic E-state index is 5.97. The molecule has 1 atom stereocenters. The van der Waals surface area contributed by atoms with E-state index in [-0.39, 0.29) is 6.04 Å². The smallest absolute Gasteiger partial charge is 0.191 e. The average molecular weight is 263 g/mol. The van der Waals surface area contributed by atoms with Crippen molar-refractivity contribution in [3.63, 3.8) is 0 Å². The number of aliphatic imine (C=N–C) groups is 1. The van der Waals surface area contributed by atoms with E-state index in [1.54, 1.807) is 7.11 Å². The highest BCUT2D eigenvalue weighted by atomic mass is 16.5. The van der Waals surface area contributed by atoms with Crippen LogP contribution in [0.15, 0.2) is 29.3 Å². The number of hydrogen-bond acceptors (Lipinski definition) is 2. The fourth-order valence-electron chi connectivity index (χ4n) is 1.89. The summed E-state index contributed by atoms with van der Waals surface area (Å²) in [7, 11) is 3.68. The number of benzene rings is 1. The van der Waals surface area contributed by atoms with Crippen LogP contribution in [0.4, 0.5) is 0 Å². The number of ether oxygens (including phenoxy) is 1. The van der Waals surface area contributed by atoms with Crippen LogP contribution in [0.5, 0.6) is 5.75 Å². The number of likely N-dealkylation sites (N-methyl/N-ethyl adjacent to an activating group) is 1. The molecule has 106 valence electrons. The Hall–Kier alpha value is -1.71. The van der Waals surface area contributed by atoms with Crippen LogP contribution in [0.3, 0.4) is 0 Å². The summed E-state index contributed by atoms with van der Waals surface area (Å²) in [5.41, 5.74) is 7.16. The van der Waals surface area contributed by atoms with Gasteiger partial charge >= 0.3 is 0 Å². The quantitative estimate of drug-likeness (QED) is 0.633. The second-order valence-electron chi connectivity index (χ2n) is 4.72. The minimum absolute atomic E-state index is 0.275. The SMILES string of the molecule is CCCN=C(N)N(C)C(C)Cc1ccccc1OC. The van der Waals surface area contributed by atoms with Crippen molar-refractivity contribution in [3.05, 3.63) is 29.8 Å². The molecule has 0 saturated carbocycles. The second kappa shape index (κ2) is 7.67. The zero-order valence-corrected chi connectivity index (χ0v) is 12.4. The topological polar surface area (TPSA) is 50.8 Å². The monoisotopic (exact) mass is 263 g/mol. The van der Waals surface area contributed by atoms with Crippen LogP contribution in [-0.4, -0.2) is 37.6 Å². The van der Waals surface area contributed by atoms with E-state index in [0.29, 0.717) is 5.96 Å². The molecule has 4 nitrogen and oxygen atoms in total. The third-order valence-corrected chi connectivity index (χ3v) is 3.23. The first-order chi connectivity index (χ1) is 9.10. The van der Waals surface area contributed by atoms with Gasteiger partial charge in [0, 0.05) is 19.6 Å². The first-order valence-electron chi connectivity index (χ1n) is 6.74. The summed E-state index contributed by atoms with van der Waals surface area (Å²) >= 11 is 0. The van der Waals surface area contributed by atoms with E-state index in [2.05, 4.69) is 24.9 Å². The van der Waals surface area contributed by atoms with Gasteiger partial charge in [-0.25, -0.2) is 0 Å². The zero-order chi connectivity index (χ0) is 14.3. The van der Waals surface area contributed by atoms with Gasteiger partial charge in [0.05, 0.1) is 7.11 Å². The van der Waals surface area contributed by atoms with E-state index in [9.17, 15) is 0 Å². The van der Waals surface area contributed by atoms with Gasteiger partial charge in [0.25, 0.3) is 0 Å². The molecule has 0 fully saturated rings. The minimum Gasteiger partial charge on any atom is -0.496 e. The number of guanidine groups is 1. The van der Waals surface area contributed by atoms with Gasteiger partial charge < -0.3 is 15.4 Å². The number of hydrogen-bond donors (Lipinski definition) is 1. The maximum Gasteiger partial charge on any atom is 0.191 e. The Bertz CT molecular complexity index is 418. The van der Waals surface area contributed by atoms with Gasteiger partial charge in [-0.3, -0.25) is 4.99 Å². The molecule has 0 radical (unpaired) electrons. The molecule has 1 aromatic carbocycles. The number of nitrogens with two attached hydrogens (primary N) is 1. The van der Waals surface area contributed by atoms with Gasteiger partial charge in [0.15, 0.2) is 5.96 Å². The summed E-state index contributed by atoms with van der Waals surface area (Å²) in [5.74, 6) is 1.52. The molecule has 1 unspecified atom stereocenters.